The minimum Gasteiger partial charge on any atom is -0.478 e. The number of fused-ring (bicyclic) bond motifs is 2. The molecule has 2 N–H and O–H groups in total. The van der Waals surface area contributed by atoms with Crippen molar-refractivity contribution in [2.75, 3.05) is 5.32 Å². The third-order valence-corrected chi connectivity index (χ3v) is 11.3. The number of carboxylic acids is 1. The molecule has 0 unspecified atom stereocenters. The SMILES string of the molecule is Cc1c(-c2ccn3c(-c4ccc(Nc5nc6ccccc6s5)nn4)cnc3c2C(=O)O)cnn1CC12CC3CC(CC(C3)C1)C2. The Balaban J connectivity index is 1.01. The topological polar surface area (TPSA) is 123 Å². The molecule has 0 saturated heterocycles. The number of nitrogens with one attached hydrogen (secondary N) is 1. The van der Waals surface area contributed by atoms with Crippen LogP contribution in [0.2, 0.25) is 0 Å². The summed E-state index contributed by atoms with van der Waals surface area (Å²) in [5.41, 5.74) is 5.50. The van der Waals surface area contributed by atoms with E-state index in [1.54, 1.807) is 21.9 Å². The Bertz CT molecular complexity index is 2040. The van der Waals surface area contributed by atoms with Gasteiger partial charge >= 0.3 is 5.97 Å². The summed E-state index contributed by atoms with van der Waals surface area (Å²) >= 11 is 1.55. The summed E-state index contributed by atoms with van der Waals surface area (Å²) in [6, 6.07) is 13.5. The molecule has 0 radical (unpaired) electrons. The standard InChI is InChI=1S/C34H32N8O2S/c1-19-24(16-36-42(19)18-34-13-20-10-21(14-34)12-22(11-20)15-34)23-8-9-41-27(17-35-31(41)30(23)32(43)44)25-6-7-29(40-39-25)38-33-37-26-4-2-3-5-28(26)45-33/h2-9,16-17,20-22H,10-15,18H2,1H3,(H,43,44)(H,37,38,40). The number of thiazole rings is 1. The smallest absolute Gasteiger partial charge is 0.340 e. The van der Waals surface area contributed by atoms with Crippen LogP contribution >= 0.6 is 11.3 Å². The second kappa shape index (κ2) is 9.93. The Morgan fingerprint density at radius 3 is 2.49 bits per heavy atom. The number of benzene rings is 1. The van der Waals surface area contributed by atoms with Gasteiger partial charge in [0.25, 0.3) is 0 Å². The Morgan fingerprint density at radius 2 is 1.78 bits per heavy atom. The molecule has 10 rings (SSSR count). The minimum atomic E-state index is -1.03. The van der Waals surface area contributed by atoms with E-state index < -0.39 is 5.97 Å². The number of aromatic nitrogens is 7. The number of imidazole rings is 1. The first-order valence-electron chi connectivity index (χ1n) is 15.6. The summed E-state index contributed by atoms with van der Waals surface area (Å²) in [5, 5.41) is 28.0. The first kappa shape index (κ1) is 26.7. The Kier molecular flexibility index (Phi) is 5.90. The normalized spacial score (nSPS) is 23.7. The van der Waals surface area contributed by atoms with E-state index in [1.807, 2.05) is 54.9 Å². The second-order valence-corrected chi connectivity index (χ2v) is 14.4. The molecule has 10 nitrogen and oxygen atoms in total. The van der Waals surface area contributed by atoms with E-state index in [9.17, 15) is 9.90 Å². The van der Waals surface area contributed by atoms with Crippen LogP contribution in [-0.2, 0) is 6.54 Å². The number of para-hydroxylation sites is 1. The highest BCUT2D eigenvalue weighted by Crippen LogP contribution is 2.60. The molecular formula is C34H32N8O2S. The summed E-state index contributed by atoms with van der Waals surface area (Å²) in [6.45, 7) is 2.98. The number of pyridine rings is 1. The molecule has 4 saturated carbocycles. The number of hydrogen-bond acceptors (Lipinski definition) is 8. The number of hydrogen-bond donors (Lipinski definition) is 2. The monoisotopic (exact) mass is 616 g/mol. The largest absolute Gasteiger partial charge is 0.478 e. The van der Waals surface area contributed by atoms with Gasteiger partial charge in [0, 0.05) is 29.6 Å². The van der Waals surface area contributed by atoms with Crippen LogP contribution < -0.4 is 5.32 Å². The summed E-state index contributed by atoms with van der Waals surface area (Å²) in [5.74, 6) is 2.16. The lowest BCUT2D eigenvalue weighted by molar-refractivity contribution is -0.0638. The third-order valence-electron chi connectivity index (χ3n) is 10.4. The molecule has 5 aromatic heterocycles. The maximum absolute atomic E-state index is 12.7. The Morgan fingerprint density at radius 1 is 1.00 bits per heavy atom. The minimum absolute atomic E-state index is 0.156. The molecule has 226 valence electrons. The van der Waals surface area contributed by atoms with Crippen LogP contribution in [0.15, 0.2) is 61.1 Å². The molecule has 0 spiro atoms. The van der Waals surface area contributed by atoms with E-state index in [2.05, 4.69) is 37.1 Å². The average Bonchev–Trinajstić information content (AvgIpc) is 3.73. The molecule has 4 bridgehead atoms. The van der Waals surface area contributed by atoms with Crippen LogP contribution in [0.5, 0.6) is 0 Å². The van der Waals surface area contributed by atoms with Gasteiger partial charge < -0.3 is 10.4 Å². The number of carbonyl (C=O) groups is 1. The molecular weight excluding hydrogens is 584 g/mol. The van der Waals surface area contributed by atoms with Crippen LogP contribution in [0.3, 0.4) is 0 Å². The van der Waals surface area contributed by atoms with E-state index in [0.29, 0.717) is 33.8 Å². The van der Waals surface area contributed by atoms with Crippen LogP contribution in [-0.4, -0.2) is 45.4 Å². The van der Waals surface area contributed by atoms with Crippen molar-refractivity contribution in [3.8, 4) is 22.5 Å². The van der Waals surface area contributed by atoms with Gasteiger partial charge in [0.05, 0.1) is 28.3 Å². The molecule has 5 heterocycles. The van der Waals surface area contributed by atoms with Crippen molar-refractivity contribution in [2.24, 2.45) is 23.2 Å². The third kappa shape index (κ3) is 4.43. The lowest BCUT2D eigenvalue weighted by Crippen LogP contribution is -2.48. The van der Waals surface area contributed by atoms with Gasteiger partial charge in [0.1, 0.15) is 11.3 Å². The fourth-order valence-electron chi connectivity index (χ4n) is 8.92. The fourth-order valence-corrected chi connectivity index (χ4v) is 9.79. The van der Waals surface area contributed by atoms with E-state index in [1.165, 1.54) is 38.5 Å². The average molecular weight is 617 g/mol. The molecule has 4 aliphatic carbocycles. The number of carboxylic acid groups (broad SMARTS) is 1. The maximum atomic E-state index is 12.7. The van der Waals surface area contributed by atoms with E-state index in [-0.39, 0.29) is 5.56 Å². The Labute approximate surface area is 263 Å². The molecule has 11 heteroatoms. The molecule has 6 aromatic rings. The maximum Gasteiger partial charge on any atom is 0.340 e. The van der Waals surface area contributed by atoms with Gasteiger partial charge in [-0.3, -0.25) is 9.08 Å². The first-order chi connectivity index (χ1) is 21.9. The zero-order chi connectivity index (χ0) is 30.3. The summed E-state index contributed by atoms with van der Waals surface area (Å²) in [4.78, 5) is 21.9. The van der Waals surface area contributed by atoms with Crippen molar-refractivity contribution in [1.29, 1.82) is 0 Å². The number of aromatic carboxylic acids is 1. The van der Waals surface area contributed by atoms with Crippen LogP contribution in [0.4, 0.5) is 10.9 Å². The quantitative estimate of drug-likeness (QED) is 0.193. The van der Waals surface area contributed by atoms with Gasteiger partial charge in [0.2, 0.25) is 0 Å². The Hall–Kier alpha value is -4.64. The molecule has 0 amide bonds. The zero-order valence-electron chi connectivity index (χ0n) is 24.8. The highest BCUT2D eigenvalue weighted by molar-refractivity contribution is 7.22. The molecule has 1 aromatic carbocycles. The summed E-state index contributed by atoms with van der Waals surface area (Å²) in [7, 11) is 0. The second-order valence-electron chi connectivity index (χ2n) is 13.4. The van der Waals surface area contributed by atoms with Crippen LogP contribution in [0.25, 0.3) is 38.4 Å². The van der Waals surface area contributed by atoms with Gasteiger partial charge in [-0.05, 0) is 98.9 Å². The lowest BCUT2D eigenvalue weighted by atomic mass is 9.49. The molecule has 0 aliphatic heterocycles. The van der Waals surface area contributed by atoms with E-state index in [0.717, 1.165) is 50.9 Å². The van der Waals surface area contributed by atoms with Crippen LogP contribution in [0.1, 0.15) is 54.6 Å². The van der Waals surface area contributed by atoms with Crippen molar-refractivity contribution in [1.82, 2.24) is 34.3 Å². The van der Waals surface area contributed by atoms with Crippen molar-refractivity contribution in [2.45, 2.75) is 52.0 Å². The number of rotatable bonds is 7. The number of anilines is 2. The van der Waals surface area contributed by atoms with E-state index >= 15 is 0 Å². The first-order valence-corrected chi connectivity index (χ1v) is 16.5. The van der Waals surface area contributed by atoms with Gasteiger partial charge in [-0.15, -0.1) is 10.2 Å². The highest BCUT2D eigenvalue weighted by Gasteiger charge is 2.51. The highest BCUT2D eigenvalue weighted by atomic mass is 32.1. The lowest BCUT2D eigenvalue weighted by Gasteiger charge is -2.56. The van der Waals surface area contributed by atoms with Gasteiger partial charge in [-0.1, -0.05) is 23.5 Å². The molecule has 0 atom stereocenters. The summed E-state index contributed by atoms with van der Waals surface area (Å²) < 4.78 is 5.00. The number of nitrogens with zero attached hydrogens (tertiary/aromatic N) is 7. The van der Waals surface area contributed by atoms with Gasteiger partial charge in [-0.2, -0.15) is 5.10 Å². The van der Waals surface area contributed by atoms with Crippen molar-refractivity contribution >= 4 is 44.1 Å². The van der Waals surface area contributed by atoms with E-state index in [4.69, 9.17) is 5.10 Å². The predicted octanol–water partition coefficient (Wildman–Crippen LogP) is 7.23. The zero-order valence-corrected chi connectivity index (χ0v) is 25.7. The fraction of sp³-hybridized carbons (Fsp3) is 0.353. The van der Waals surface area contributed by atoms with Crippen molar-refractivity contribution in [3.63, 3.8) is 0 Å². The van der Waals surface area contributed by atoms with Gasteiger partial charge in [0.15, 0.2) is 16.6 Å². The molecule has 45 heavy (non-hydrogen) atoms. The molecule has 4 fully saturated rings. The van der Waals surface area contributed by atoms with Gasteiger partial charge in [-0.25, -0.2) is 14.8 Å². The van der Waals surface area contributed by atoms with Crippen LogP contribution in [0, 0.1) is 30.1 Å². The van der Waals surface area contributed by atoms with Crippen molar-refractivity contribution < 1.29 is 9.90 Å². The van der Waals surface area contributed by atoms with Crippen molar-refractivity contribution in [3.05, 3.63) is 72.3 Å². The summed E-state index contributed by atoms with van der Waals surface area (Å²) in [6.07, 6.45) is 13.5. The molecule has 4 aliphatic rings. The predicted molar refractivity (Wildman–Crippen MR) is 173 cm³/mol.